The molecule has 0 heteroatoms. The van der Waals surface area contributed by atoms with E-state index in [-0.39, 0.29) is 0 Å². The largest absolute Gasteiger partial charge is 0.0622 e. The van der Waals surface area contributed by atoms with Crippen LogP contribution >= 0.6 is 0 Å². The van der Waals surface area contributed by atoms with Crippen molar-refractivity contribution in [3.8, 4) is 11.1 Å². The van der Waals surface area contributed by atoms with Gasteiger partial charge in [0.15, 0.2) is 0 Å². The quantitative estimate of drug-likeness (QED) is 0.321. The molecule has 0 saturated heterocycles. The Balaban J connectivity index is 1.44. The Labute approximate surface area is 167 Å². The third kappa shape index (κ3) is 4.75. The van der Waals surface area contributed by atoms with E-state index in [2.05, 4.69) is 121 Å². The molecule has 0 heterocycles. The third-order valence-electron chi connectivity index (χ3n) is 4.69. The molecule has 0 radical (unpaired) electrons. The van der Waals surface area contributed by atoms with Gasteiger partial charge >= 0.3 is 0 Å². The SMILES string of the molecule is C(=Cc1ccc(-c2ccc(C=Cc3ccccc3)cc2)cc1)c1ccccc1. The minimum atomic E-state index is 1.20. The van der Waals surface area contributed by atoms with Crippen LogP contribution in [0.5, 0.6) is 0 Å². The van der Waals surface area contributed by atoms with Gasteiger partial charge in [0.2, 0.25) is 0 Å². The molecule has 0 fully saturated rings. The summed E-state index contributed by atoms with van der Waals surface area (Å²) in [4.78, 5) is 0. The van der Waals surface area contributed by atoms with Crippen molar-refractivity contribution in [2.45, 2.75) is 0 Å². The monoisotopic (exact) mass is 358 g/mol. The van der Waals surface area contributed by atoms with Crippen molar-refractivity contribution in [3.63, 3.8) is 0 Å². The Morgan fingerprint density at radius 1 is 0.286 bits per heavy atom. The molecule has 0 aliphatic rings. The van der Waals surface area contributed by atoms with E-state index in [1.165, 1.54) is 33.4 Å². The highest BCUT2D eigenvalue weighted by atomic mass is 14.0. The zero-order chi connectivity index (χ0) is 19.0. The van der Waals surface area contributed by atoms with Gasteiger partial charge < -0.3 is 0 Å². The Morgan fingerprint density at radius 3 is 0.893 bits per heavy atom. The molecule has 4 aromatic rings. The molecule has 0 spiro atoms. The molecule has 0 unspecified atom stereocenters. The molecule has 0 aliphatic carbocycles. The minimum Gasteiger partial charge on any atom is -0.0622 e. The first-order chi connectivity index (χ1) is 13.9. The normalized spacial score (nSPS) is 11.3. The standard InChI is InChI=1S/C28H22/c1-3-7-23(8-4-1)11-13-25-15-19-27(20-16-25)28-21-17-26(18-22-28)14-12-24-9-5-2-6-10-24/h1-22H. The summed E-state index contributed by atoms with van der Waals surface area (Å²) >= 11 is 0. The summed E-state index contributed by atoms with van der Waals surface area (Å²) in [5, 5.41) is 0. The van der Waals surface area contributed by atoms with Crippen LogP contribution in [-0.2, 0) is 0 Å². The minimum absolute atomic E-state index is 1.20. The molecule has 0 aromatic heterocycles. The van der Waals surface area contributed by atoms with Crippen molar-refractivity contribution in [1.82, 2.24) is 0 Å². The van der Waals surface area contributed by atoms with Gasteiger partial charge in [-0.1, -0.05) is 133 Å². The summed E-state index contributed by atoms with van der Waals surface area (Å²) in [6, 6.07) is 38.1. The molecular formula is C28H22. The van der Waals surface area contributed by atoms with E-state index >= 15 is 0 Å². The maximum atomic E-state index is 2.18. The van der Waals surface area contributed by atoms with Crippen molar-refractivity contribution in [1.29, 1.82) is 0 Å². The van der Waals surface area contributed by atoms with Gasteiger partial charge in [0.25, 0.3) is 0 Å². The lowest BCUT2D eigenvalue weighted by atomic mass is 10.0. The smallest absolute Gasteiger partial charge is 0.0184 e. The molecule has 0 atom stereocenters. The highest BCUT2D eigenvalue weighted by molar-refractivity contribution is 5.74. The number of hydrogen-bond donors (Lipinski definition) is 0. The first kappa shape index (κ1) is 17.8. The lowest BCUT2D eigenvalue weighted by Gasteiger charge is -2.03. The summed E-state index contributed by atoms with van der Waals surface area (Å²) in [7, 11) is 0. The maximum absolute atomic E-state index is 2.18. The van der Waals surface area contributed by atoms with E-state index in [0.717, 1.165) is 0 Å². The molecule has 0 saturated carbocycles. The van der Waals surface area contributed by atoms with Crippen LogP contribution in [0.1, 0.15) is 22.3 Å². The van der Waals surface area contributed by atoms with Crippen molar-refractivity contribution >= 4 is 24.3 Å². The van der Waals surface area contributed by atoms with Crippen molar-refractivity contribution in [2.75, 3.05) is 0 Å². The highest BCUT2D eigenvalue weighted by Crippen LogP contribution is 2.22. The Bertz CT molecular complexity index is 961. The van der Waals surface area contributed by atoms with E-state index in [1.54, 1.807) is 0 Å². The van der Waals surface area contributed by atoms with Crippen LogP contribution in [-0.4, -0.2) is 0 Å². The Hall–Kier alpha value is -3.64. The van der Waals surface area contributed by atoms with Crippen LogP contribution in [0.15, 0.2) is 109 Å². The van der Waals surface area contributed by atoms with Crippen molar-refractivity contribution < 1.29 is 0 Å². The first-order valence-corrected chi connectivity index (χ1v) is 9.54. The van der Waals surface area contributed by atoms with Crippen LogP contribution < -0.4 is 0 Å². The summed E-state index contributed by atoms with van der Waals surface area (Å²) in [5.41, 5.74) is 7.30. The van der Waals surface area contributed by atoms with E-state index in [4.69, 9.17) is 0 Å². The van der Waals surface area contributed by atoms with E-state index in [0.29, 0.717) is 0 Å². The number of hydrogen-bond acceptors (Lipinski definition) is 0. The summed E-state index contributed by atoms with van der Waals surface area (Å²) < 4.78 is 0. The molecule has 0 N–H and O–H groups in total. The van der Waals surface area contributed by atoms with Gasteiger partial charge in [0, 0.05) is 0 Å². The molecular weight excluding hydrogens is 336 g/mol. The molecule has 28 heavy (non-hydrogen) atoms. The van der Waals surface area contributed by atoms with Gasteiger partial charge in [-0.2, -0.15) is 0 Å². The first-order valence-electron chi connectivity index (χ1n) is 9.54. The molecule has 134 valence electrons. The van der Waals surface area contributed by atoms with E-state index in [9.17, 15) is 0 Å². The summed E-state index contributed by atoms with van der Waals surface area (Å²) in [6.07, 6.45) is 8.58. The number of benzene rings is 4. The fourth-order valence-corrected chi connectivity index (χ4v) is 3.09. The Morgan fingerprint density at radius 2 is 0.571 bits per heavy atom. The fraction of sp³-hybridized carbons (Fsp3) is 0. The molecule has 4 rings (SSSR count). The predicted molar refractivity (Wildman–Crippen MR) is 123 cm³/mol. The zero-order valence-corrected chi connectivity index (χ0v) is 15.7. The lowest BCUT2D eigenvalue weighted by molar-refractivity contribution is 1.58. The fourth-order valence-electron chi connectivity index (χ4n) is 3.09. The summed E-state index contributed by atoms with van der Waals surface area (Å²) in [5.74, 6) is 0. The van der Waals surface area contributed by atoms with Crippen LogP contribution in [0.4, 0.5) is 0 Å². The second kappa shape index (κ2) is 8.83. The van der Waals surface area contributed by atoms with Crippen molar-refractivity contribution in [3.05, 3.63) is 131 Å². The van der Waals surface area contributed by atoms with Gasteiger partial charge in [-0.3, -0.25) is 0 Å². The van der Waals surface area contributed by atoms with Gasteiger partial charge in [-0.25, -0.2) is 0 Å². The van der Waals surface area contributed by atoms with Gasteiger partial charge in [0.1, 0.15) is 0 Å². The van der Waals surface area contributed by atoms with E-state index < -0.39 is 0 Å². The van der Waals surface area contributed by atoms with Crippen LogP contribution in [0, 0.1) is 0 Å². The van der Waals surface area contributed by atoms with Gasteiger partial charge in [-0.15, -0.1) is 0 Å². The molecule has 0 nitrogen and oxygen atoms in total. The average molecular weight is 358 g/mol. The molecule has 0 aliphatic heterocycles. The lowest BCUT2D eigenvalue weighted by Crippen LogP contribution is -1.80. The van der Waals surface area contributed by atoms with Crippen molar-refractivity contribution in [2.24, 2.45) is 0 Å². The second-order valence-electron chi connectivity index (χ2n) is 6.73. The maximum Gasteiger partial charge on any atom is -0.0184 e. The topological polar surface area (TPSA) is 0 Å². The van der Waals surface area contributed by atoms with E-state index in [1.807, 2.05) is 12.1 Å². The van der Waals surface area contributed by atoms with Crippen LogP contribution in [0.2, 0.25) is 0 Å². The zero-order valence-electron chi connectivity index (χ0n) is 15.7. The molecule has 0 bridgehead atoms. The average Bonchev–Trinajstić information content (AvgIpc) is 2.78. The van der Waals surface area contributed by atoms with Gasteiger partial charge in [-0.05, 0) is 33.4 Å². The van der Waals surface area contributed by atoms with Crippen LogP contribution in [0.3, 0.4) is 0 Å². The van der Waals surface area contributed by atoms with Crippen LogP contribution in [0.25, 0.3) is 35.4 Å². The van der Waals surface area contributed by atoms with Gasteiger partial charge in [0.05, 0.1) is 0 Å². The Kier molecular flexibility index (Phi) is 5.60. The number of rotatable bonds is 5. The molecule has 0 amide bonds. The third-order valence-corrected chi connectivity index (χ3v) is 4.69. The summed E-state index contributed by atoms with van der Waals surface area (Å²) in [6.45, 7) is 0. The predicted octanol–water partition coefficient (Wildman–Crippen LogP) is 7.69. The highest BCUT2D eigenvalue weighted by Gasteiger charge is 1.98. The second-order valence-corrected chi connectivity index (χ2v) is 6.73. The molecule has 4 aromatic carbocycles.